The Kier molecular flexibility index (Phi) is 5.60. The Hall–Kier alpha value is -0.430. The molecule has 1 saturated heterocycles. The van der Waals surface area contributed by atoms with Crippen molar-refractivity contribution in [1.29, 1.82) is 0 Å². The molecule has 0 amide bonds. The van der Waals surface area contributed by atoms with Gasteiger partial charge in [0.25, 0.3) is 10.0 Å². The topological polar surface area (TPSA) is 57.6 Å². The van der Waals surface area contributed by atoms with Gasteiger partial charge >= 0.3 is 0 Å². The Labute approximate surface area is 125 Å². The zero-order chi connectivity index (χ0) is 14.6. The lowest BCUT2D eigenvalue weighted by Crippen LogP contribution is -2.38. The fourth-order valence-electron chi connectivity index (χ4n) is 2.72. The second kappa shape index (κ2) is 7.02. The summed E-state index contributed by atoms with van der Waals surface area (Å²) >= 11 is 1.28. The largest absolute Gasteiger partial charge is 0.396 e. The number of thiophene rings is 1. The molecular weight excluding hydrogens is 294 g/mol. The first kappa shape index (κ1) is 15.9. The average molecular weight is 317 g/mol. The van der Waals surface area contributed by atoms with E-state index in [4.69, 9.17) is 5.11 Å². The van der Waals surface area contributed by atoms with Crippen LogP contribution in [0.15, 0.2) is 16.3 Å². The van der Waals surface area contributed by atoms with E-state index in [1.54, 1.807) is 16.4 Å². The molecule has 0 atom stereocenters. The number of hydrogen-bond acceptors (Lipinski definition) is 4. The van der Waals surface area contributed by atoms with Gasteiger partial charge in [0.05, 0.1) is 0 Å². The number of aliphatic hydroxyl groups excluding tert-OH is 1. The fraction of sp³-hybridized carbons (Fsp3) is 0.714. The highest BCUT2D eigenvalue weighted by atomic mass is 32.2. The minimum absolute atomic E-state index is 0.0579. The molecule has 0 unspecified atom stereocenters. The van der Waals surface area contributed by atoms with Gasteiger partial charge in [-0.1, -0.05) is 19.8 Å². The minimum atomic E-state index is -3.33. The summed E-state index contributed by atoms with van der Waals surface area (Å²) in [4.78, 5) is 0.923. The van der Waals surface area contributed by atoms with Crippen LogP contribution in [0.25, 0.3) is 0 Å². The second-order valence-corrected chi connectivity index (χ2v) is 8.66. The summed E-state index contributed by atoms with van der Waals surface area (Å²) in [6.45, 7) is 3.51. The van der Waals surface area contributed by atoms with Gasteiger partial charge in [-0.3, -0.25) is 0 Å². The number of nitrogens with zero attached hydrogens (tertiary/aromatic N) is 1. The van der Waals surface area contributed by atoms with Crippen molar-refractivity contribution in [3.8, 4) is 0 Å². The number of sulfonamides is 1. The molecule has 0 bridgehead atoms. The van der Waals surface area contributed by atoms with E-state index in [-0.39, 0.29) is 6.61 Å². The highest BCUT2D eigenvalue weighted by molar-refractivity contribution is 7.91. The summed E-state index contributed by atoms with van der Waals surface area (Å²) in [6, 6.07) is 3.47. The lowest BCUT2D eigenvalue weighted by molar-refractivity contribution is 0.263. The first-order chi connectivity index (χ1) is 9.57. The van der Waals surface area contributed by atoms with E-state index in [9.17, 15) is 8.42 Å². The van der Waals surface area contributed by atoms with Crippen LogP contribution in [0, 0.1) is 5.92 Å². The predicted octanol–water partition coefficient (Wildman–Crippen LogP) is 2.48. The van der Waals surface area contributed by atoms with E-state index >= 15 is 0 Å². The molecule has 1 N–H and O–H groups in total. The lowest BCUT2D eigenvalue weighted by atomic mass is 9.94. The summed E-state index contributed by atoms with van der Waals surface area (Å²) in [5.41, 5.74) is 0. The van der Waals surface area contributed by atoms with E-state index in [2.05, 4.69) is 6.92 Å². The van der Waals surface area contributed by atoms with Crippen LogP contribution in [0.4, 0.5) is 0 Å². The second-order valence-electron chi connectivity index (χ2n) is 5.33. The summed E-state index contributed by atoms with van der Waals surface area (Å²) in [6.07, 6.45) is 4.85. The van der Waals surface area contributed by atoms with Gasteiger partial charge < -0.3 is 5.11 Å². The molecule has 6 heteroatoms. The molecule has 1 aliphatic heterocycles. The molecule has 2 heterocycles. The van der Waals surface area contributed by atoms with Crippen molar-refractivity contribution in [3.05, 3.63) is 17.0 Å². The van der Waals surface area contributed by atoms with Gasteiger partial charge in [-0.15, -0.1) is 11.3 Å². The van der Waals surface area contributed by atoms with Crippen LogP contribution in [0.3, 0.4) is 0 Å². The van der Waals surface area contributed by atoms with E-state index in [0.717, 1.165) is 17.7 Å². The maximum absolute atomic E-state index is 12.5. The number of aliphatic hydroxyl groups is 1. The van der Waals surface area contributed by atoms with Crippen LogP contribution in [0.1, 0.15) is 37.5 Å². The molecule has 0 radical (unpaired) electrons. The van der Waals surface area contributed by atoms with Crippen molar-refractivity contribution in [2.24, 2.45) is 5.92 Å². The quantitative estimate of drug-likeness (QED) is 0.877. The standard InChI is InChI=1S/C14H23NO3S2/c1-2-3-12-6-9-15(10-7-12)20(17,18)14-5-4-13(19-14)8-11-16/h4-5,12,16H,2-3,6-11H2,1H3. The molecule has 0 saturated carbocycles. The van der Waals surface area contributed by atoms with E-state index in [1.807, 2.05) is 0 Å². The zero-order valence-electron chi connectivity index (χ0n) is 11.9. The highest BCUT2D eigenvalue weighted by Gasteiger charge is 2.30. The maximum Gasteiger partial charge on any atom is 0.252 e. The Morgan fingerprint density at radius 3 is 2.65 bits per heavy atom. The summed E-state index contributed by atoms with van der Waals surface area (Å²) in [7, 11) is -3.33. The van der Waals surface area contributed by atoms with Gasteiger partial charge in [-0.25, -0.2) is 8.42 Å². The van der Waals surface area contributed by atoms with Gasteiger partial charge in [0.15, 0.2) is 0 Å². The Balaban J connectivity index is 2.03. The fourth-order valence-corrected chi connectivity index (χ4v) is 5.68. The lowest BCUT2D eigenvalue weighted by Gasteiger charge is -2.30. The van der Waals surface area contributed by atoms with Crippen molar-refractivity contribution in [2.45, 2.75) is 43.2 Å². The van der Waals surface area contributed by atoms with Gasteiger partial charge in [-0.05, 0) is 30.9 Å². The monoisotopic (exact) mass is 317 g/mol. The molecule has 114 valence electrons. The molecule has 0 aliphatic carbocycles. The number of piperidine rings is 1. The molecular formula is C14H23NO3S2. The molecule has 0 aromatic carbocycles. The average Bonchev–Trinajstić information content (AvgIpc) is 2.90. The third kappa shape index (κ3) is 3.61. The van der Waals surface area contributed by atoms with Gasteiger partial charge in [0, 0.05) is 31.0 Å². The molecule has 1 fully saturated rings. The molecule has 1 aromatic rings. The van der Waals surface area contributed by atoms with Crippen LogP contribution in [0.2, 0.25) is 0 Å². The normalized spacial score (nSPS) is 18.5. The summed E-state index contributed by atoms with van der Waals surface area (Å²) in [5, 5.41) is 8.91. The van der Waals surface area contributed by atoms with Gasteiger partial charge in [0.1, 0.15) is 4.21 Å². The zero-order valence-corrected chi connectivity index (χ0v) is 13.5. The predicted molar refractivity (Wildman–Crippen MR) is 81.5 cm³/mol. The van der Waals surface area contributed by atoms with Gasteiger partial charge in [0.2, 0.25) is 0 Å². The Morgan fingerprint density at radius 2 is 2.05 bits per heavy atom. The SMILES string of the molecule is CCCC1CCN(S(=O)(=O)c2ccc(CCO)s2)CC1. The van der Waals surface area contributed by atoms with E-state index < -0.39 is 10.0 Å². The van der Waals surface area contributed by atoms with Crippen LogP contribution in [-0.2, 0) is 16.4 Å². The third-order valence-corrected chi connectivity index (χ3v) is 7.37. The molecule has 1 aromatic heterocycles. The molecule has 1 aliphatic rings. The van der Waals surface area contributed by atoms with Crippen molar-refractivity contribution >= 4 is 21.4 Å². The smallest absolute Gasteiger partial charge is 0.252 e. The number of rotatable bonds is 6. The van der Waals surface area contributed by atoms with Crippen LogP contribution in [-0.4, -0.2) is 37.5 Å². The van der Waals surface area contributed by atoms with E-state index in [0.29, 0.717) is 29.6 Å². The molecule has 2 rings (SSSR count). The van der Waals surface area contributed by atoms with Crippen molar-refractivity contribution in [2.75, 3.05) is 19.7 Å². The van der Waals surface area contributed by atoms with Crippen LogP contribution in [0.5, 0.6) is 0 Å². The minimum Gasteiger partial charge on any atom is -0.396 e. The molecule has 0 spiro atoms. The Morgan fingerprint density at radius 1 is 1.35 bits per heavy atom. The van der Waals surface area contributed by atoms with Crippen molar-refractivity contribution in [3.63, 3.8) is 0 Å². The number of hydrogen-bond donors (Lipinski definition) is 1. The van der Waals surface area contributed by atoms with E-state index in [1.165, 1.54) is 24.2 Å². The molecule has 4 nitrogen and oxygen atoms in total. The first-order valence-corrected chi connectivity index (χ1v) is 9.53. The summed E-state index contributed by atoms with van der Waals surface area (Å²) < 4.78 is 27.1. The highest BCUT2D eigenvalue weighted by Crippen LogP contribution is 2.29. The van der Waals surface area contributed by atoms with Crippen LogP contribution < -0.4 is 0 Å². The third-order valence-electron chi connectivity index (χ3n) is 3.86. The van der Waals surface area contributed by atoms with Crippen LogP contribution >= 0.6 is 11.3 Å². The van der Waals surface area contributed by atoms with Crippen molar-refractivity contribution < 1.29 is 13.5 Å². The molecule has 20 heavy (non-hydrogen) atoms. The van der Waals surface area contributed by atoms with Crippen molar-refractivity contribution in [1.82, 2.24) is 4.31 Å². The van der Waals surface area contributed by atoms with Gasteiger partial charge in [-0.2, -0.15) is 4.31 Å². The maximum atomic E-state index is 12.5. The summed E-state index contributed by atoms with van der Waals surface area (Å²) in [5.74, 6) is 0.680. The first-order valence-electron chi connectivity index (χ1n) is 7.27. The Bertz CT molecular complexity index is 516.